The summed E-state index contributed by atoms with van der Waals surface area (Å²) in [5.41, 5.74) is 9.04. The molecule has 0 spiro atoms. The first-order valence-electron chi connectivity index (χ1n) is 12.3. The van der Waals surface area contributed by atoms with Gasteiger partial charge in [0.15, 0.2) is 0 Å². The average Bonchev–Trinajstić information content (AvgIpc) is 3.27. The van der Waals surface area contributed by atoms with Gasteiger partial charge in [0.1, 0.15) is 6.61 Å². The van der Waals surface area contributed by atoms with E-state index in [1.165, 1.54) is 33.4 Å². The van der Waals surface area contributed by atoms with Crippen LogP contribution in [0.4, 0.5) is 0 Å². The van der Waals surface area contributed by atoms with Crippen molar-refractivity contribution < 1.29 is 9.53 Å². The Morgan fingerprint density at radius 1 is 0.556 bits per heavy atom. The molecule has 0 saturated heterocycles. The van der Waals surface area contributed by atoms with Crippen molar-refractivity contribution in [1.29, 1.82) is 0 Å². The van der Waals surface area contributed by atoms with Gasteiger partial charge in [0, 0.05) is 11.8 Å². The fourth-order valence-corrected chi connectivity index (χ4v) is 5.36. The second-order valence-electron chi connectivity index (χ2n) is 9.20. The van der Waals surface area contributed by atoms with Gasteiger partial charge in [0.05, 0.1) is 5.56 Å². The fourth-order valence-electron chi connectivity index (χ4n) is 5.36. The van der Waals surface area contributed by atoms with E-state index in [9.17, 15) is 4.79 Å². The maximum atomic E-state index is 13.0. The van der Waals surface area contributed by atoms with Gasteiger partial charge < -0.3 is 4.74 Å². The number of rotatable bonds is 6. The second-order valence-corrected chi connectivity index (χ2v) is 9.20. The van der Waals surface area contributed by atoms with E-state index in [1.54, 1.807) is 0 Å². The predicted molar refractivity (Wildman–Crippen MR) is 144 cm³/mol. The highest BCUT2D eigenvalue weighted by Crippen LogP contribution is 2.44. The van der Waals surface area contributed by atoms with Crippen LogP contribution in [0.3, 0.4) is 0 Å². The minimum atomic E-state index is -0.292. The van der Waals surface area contributed by atoms with Crippen molar-refractivity contribution in [3.63, 3.8) is 0 Å². The van der Waals surface area contributed by atoms with E-state index in [0.29, 0.717) is 12.2 Å². The molecule has 0 heterocycles. The lowest BCUT2D eigenvalue weighted by atomic mass is 9.85. The summed E-state index contributed by atoms with van der Waals surface area (Å²) >= 11 is 0. The van der Waals surface area contributed by atoms with Gasteiger partial charge in [-0.2, -0.15) is 0 Å². The van der Waals surface area contributed by atoms with Crippen LogP contribution in [-0.2, 0) is 4.74 Å². The molecule has 36 heavy (non-hydrogen) atoms. The number of fused-ring (bicyclic) bond motifs is 3. The van der Waals surface area contributed by atoms with E-state index in [-0.39, 0.29) is 17.8 Å². The van der Waals surface area contributed by atoms with Crippen molar-refractivity contribution in [3.8, 4) is 11.1 Å². The molecule has 6 rings (SSSR count). The maximum absolute atomic E-state index is 13.0. The molecule has 2 heteroatoms. The molecule has 0 aromatic heterocycles. The Morgan fingerprint density at radius 2 is 1.00 bits per heavy atom. The van der Waals surface area contributed by atoms with Crippen molar-refractivity contribution >= 4 is 5.97 Å². The fraction of sp³-hybridized carbons (Fsp3) is 0.0882. The molecule has 0 unspecified atom stereocenters. The SMILES string of the molecule is O=C(OCC1c2ccccc2-c2ccccc21)c1ccc(C(c2ccccc2)c2ccccc2)cc1. The van der Waals surface area contributed by atoms with Crippen LogP contribution < -0.4 is 0 Å². The number of ether oxygens (including phenoxy) is 1. The quantitative estimate of drug-likeness (QED) is 0.188. The van der Waals surface area contributed by atoms with Crippen LogP contribution in [0.2, 0.25) is 0 Å². The summed E-state index contributed by atoms with van der Waals surface area (Å²) in [6.07, 6.45) is 0. The number of esters is 1. The van der Waals surface area contributed by atoms with E-state index >= 15 is 0 Å². The monoisotopic (exact) mass is 466 g/mol. The Hall–Kier alpha value is -4.43. The summed E-state index contributed by atoms with van der Waals surface area (Å²) in [7, 11) is 0. The Kier molecular flexibility index (Phi) is 5.93. The first-order valence-corrected chi connectivity index (χ1v) is 12.3. The topological polar surface area (TPSA) is 26.3 Å². The van der Waals surface area contributed by atoms with Gasteiger partial charge in [-0.3, -0.25) is 0 Å². The van der Waals surface area contributed by atoms with Gasteiger partial charge in [-0.05, 0) is 51.1 Å². The number of carbonyl (C=O) groups excluding carboxylic acids is 1. The zero-order chi connectivity index (χ0) is 24.3. The van der Waals surface area contributed by atoms with Gasteiger partial charge in [-0.1, -0.05) is 121 Å². The first kappa shape index (κ1) is 22.1. The molecule has 1 aliphatic rings. The Balaban J connectivity index is 1.22. The Labute approximate surface area is 211 Å². The molecule has 0 radical (unpaired) electrons. The van der Waals surface area contributed by atoms with Crippen molar-refractivity contribution in [3.05, 3.63) is 167 Å². The summed E-state index contributed by atoms with van der Waals surface area (Å²) in [5, 5.41) is 0. The van der Waals surface area contributed by atoms with Crippen LogP contribution in [0.15, 0.2) is 133 Å². The molecule has 0 atom stereocenters. The highest BCUT2D eigenvalue weighted by molar-refractivity contribution is 5.89. The summed E-state index contributed by atoms with van der Waals surface area (Å²) in [4.78, 5) is 13.0. The van der Waals surface area contributed by atoms with Gasteiger partial charge in [-0.25, -0.2) is 4.79 Å². The molecule has 1 aliphatic carbocycles. The summed E-state index contributed by atoms with van der Waals surface area (Å²) in [6.45, 7) is 0.325. The molecular weight excluding hydrogens is 440 g/mol. The summed E-state index contributed by atoms with van der Waals surface area (Å²) in [6, 6.07) is 45.6. The van der Waals surface area contributed by atoms with Crippen LogP contribution >= 0.6 is 0 Å². The van der Waals surface area contributed by atoms with Crippen LogP contribution in [0.25, 0.3) is 11.1 Å². The molecule has 174 valence electrons. The van der Waals surface area contributed by atoms with Gasteiger partial charge >= 0.3 is 5.97 Å². The standard InChI is InChI=1S/C34H26O2/c35-34(36-23-32-30-17-9-7-15-28(30)29-16-8-10-18-31(29)32)27-21-19-26(20-22-27)33(24-11-3-1-4-12-24)25-13-5-2-6-14-25/h1-22,32-33H,23H2. The third kappa shape index (κ3) is 4.12. The third-order valence-electron chi connectivity index (χ3n) is 7.09. The number of hydrogen-bond acceptors (Lipinski definition) is 2. The predicted octanol–water partition coefficient (Wildman–Crippen LogP) is 7.84. The van der Waals surface area contributed by atoms with Crippen LogP contribution in [-0.4, -0.2) is 12.6 Å². The summed E-state index contributed by atoms with van der Waals surface area (Å²) in [5.74, 6) is -0.135. The number of carbonyl (C=O) groups is 1. The number of benzene rings is 5. The molecule has 0 saturated carbocycles. The van der Waals surface area contributed by atoms with Crippen LogP contribution in [0.1, 0.15) is 50.0 Å². The number of hydrogen-bond donors (Lipinski definition) is 0. The summed E-state index contributed by atoms with van der Waals surface area (Å²) < 4.78 is 5.86. The molecule has 5 aromatic carbocycles. The van der Waals surface area contributed by atoms with E-state index in [0.717, 1.165) is 5.56 Å². The molecule has 0 bridgehead atoms. The molecule has 0 aliphatic heterocycles. The molecule has 0 amide bonds. The lowest BCUT2D eigenvalue weighted by Gasteiger charge is -2.19. The lowest BCUT2D eigenvalue weighted by Crippen LogP contribution is -2.13. The second kappa shape index (κ2) is 9.67. The maximum Gasteiger partial charge on any atom is 0.338 e. The smallest absolute Gasteiger partial charge is 0.338 e. The molecule has 2 nitrogen and oxygen atoms in total. The largest absolute Gasteiger partial charge is 0.461 e. The van der Waals surface area contributed by atoms with Crippen LogP contribution in [0, 0.1) is 0 Å². The van der Waals surface area contributed by atoms with Crippen LogP contribution in [0.5, 0.6) is 0 Å². The van der Waals surface area contributed by atoms with Gasteiger partial charge in [0.2, 0.25) is 0 Å². The zero-order valence-electron chi connectivity index (χ0n) is 19.9. The van der Waals surface area contributed by atoms with E-state index in [1.807, 2.05) is 48.5 Å². The lowest BCUT2D eigenvalue weighted by molar-refractivity contribution is 0.0493. The average molecular weight is 467 g/mol. The van der Waals surface area contributed by atoms with E-state index in [2.05, 4.69) is 84.9 Å². The molecular formula is C34H26O2. The highest BCUT2D eigenvalue weighted by atomic mass is 16.5. The van der Waals surface area contributed by atoms with Crippen molar-refractivity contribution in [2.75, 3.05) is 6.61 Å². The van der Waals surface area contributed by atoms with Crippen molar-refractivity contribution in [2.24, 2.45) is 0 Å². The van der Waals surface area contributed by atoms with E-state index < -0.39 is 0 Å². The highest BCUT2D eigenvalue weighted by Gasteiger charge is 2.29. The molecule has 0 fully saturated rings. The Bertz CT molecular complexity index is 1400. The Morgan fingerprint density at radius 3 is 1.53 bits per heavy atom. The minimum Gasteiger partial charge on any atom is -0.461 e. The first-order chi connectivity index (χ1) is 17.8. The minimum absolute atomic E-state index is 0.0566. The third-order valence-corrected chi connectivity index (χ3v) is 7.09. The molecule has 0 N–H and O–H groups in total. The van der Waals surface area contributed by atoms with Gasteiger partial charge in [0.25, 0.3) is 0 Å². The van der Waals surface area contributed by atoms with Crippen molar-refractivity contribution in [1.82, 2.24) is 0 Å². The molecule has 5 aromatic rings. The zero-order valence-corrected chi connectivity index (χ0v) is 19.9. The normalized spacial score (nSPS) is 12.2. The van der Waals surface area contributed by atoms with E-state index in [4.69, 9.17) is 4.74 Å². The van der Waals surface area contributed by atoms with Crippen molar-refractivity contribution in [2.45, 2.75) is 11.8 Å². The van der Waals surface area contributed by atoms with Gasteiger partial charge in [-0.15, -0.1) is 0 Å².